The maximum Gasteiger partial charge on any atom is 0.584 e. The lowest BCUT2D eigenvalue weighted by Gasteiger charge is -2.31. The van der Waals surface area contributed by atoms with E-state index in [4.69, 9.17) is 9.05 Å². The van der Waals surface area contributed by atoms with Crippen LogP contribution in [0.15, 0.2) is 12.1 Å². The number of hydrogen-bond acceptors (Lipinski definition) is 3. The minimum Gasteiger partial charge on any atom is -0.395 e. The maximum atomic E-state index is 13.4. The van der Waals surface area contributed by atoms with Crippen LogP contribution in [-0.4, -0.2) is 21.0 Å². The standard InChI is InChI=1S/C26H37O4PSi2/c1-32(2,3)21-15-17-11-7-9-13-19(17)23-24-20-14-10-8-12-18(20)16-22(33(4,5)6)26(24)30-31(27,28)29-25(21)23/h15-16H,7-14H2,1-6H3,(H,27,28). The number of hydrogen-bond donors (Lipinski definition) is 1. The van der Waals surface area contributed by atoms with Gasteiger partial charge < -0.3 is 9.05 Å². The summed E-state index contributed by atoms with van der Waals surface area (Å²) >= 11 is 0. The molecule has 0 bridgehead atoms. The van der Waals surface area contributed by atoms with Crippen LogP contribution in [-0.2, 0) is 30.2 Å². The van der Waals surface area contributed by atoms with Crippen LogP contribution in [0.4, 0.5) is 0 Å². The molecule has 4 nitrogen and oxygen atoms in total. The second kappa shape index (κ2) is 7.84. The van der Waals surface area contributed by atoms with Crippen molar-refractivity contribution >= 4 is 34.3 Å². The van der Waals surface area contributed by atoms with Gasteiger partial charge >= 0.3 is 7.82 Å². The summed E-state index contributed by atoms with van der Waals surface area (Å²) in [6.45, 7) is 13.8. The molecule has 0 saturated heterocycles. The molecule has 2 aromatic rings. The zero-order valence-electron chi connectivity index (χ0n) is 20.9. The second-order valence-corrected chi connectivity index (χ2v) is 23.5. The Kier molecular flexibility index (Phi) is 5.56. The molecule has 1 N–H and O–H groups in total. The van der Waals surface area contributed by atoms with Gasteiger partial charge in [0, 0.05) is 11.1 Å². The average Bonchev–Trinajstić information content (AvgIpc) is 2.84. The van der Waals surface area contributed by atoms with Gasteiger partial charge in [0.2, 0.25) is 0 Å². The lowest BCUT2D eigenvalue weighted by atomic mass is 9.80. The van der Waals surface area contributed by atoms with Gasteiger partial charge in [-0.15, -0.1) is 0 Å². The third kappa shape index (κ3) is 4.07. The molecule has 0 saturated carbocycles. The Hall–Kier alpha value is -1.34. The molecular weight excluding hydrogens is 463 g/mol. The van der Waals surface area contributed by atoms with Crippen molar-refractivity contribution < 1.29 is 18.5 Å². The summed E-state index contributed by atoms with van der Waals surface area (Å²) in [4.78, 5) is 11.0. The van der Waals surface area contributed by atoms with Crippen molar-refractivity contribution in [3.8, 4) is 22.6 Å². The van der Waals surface area contributed by atoms with Gasteiger partial charge in [-0.25, -0.2) is 4.57 Å². The van der Waals surface area contributed by atoms with Crippen LogP contribution in [0.1, 0.15) is 47.9 Å². The van der Waals surface area contributed by atoms with Crippen molar-refractivity contribution in [3.63, 3.8) is 0 Å². The van der Waals surface area contributed by atoms with Gasteiger partial charge in [0.25, 0.3) is 0 Å². The minimum absolute atomic E-state index is 0.639. The largest absolute Gasteiger partial charge is 0.584 e. The molecule has 0 unspecified atom stereocenters. The van der Waals surface area contributed by atoms with Crippen molar-refractivity contribution in [1.82, 2.24) is 0 Å². The Balaban J connectivity index is 1.99. The lowest BCUT2D eigenvalue weighted by molar-refractivity contribution is 0.295. The first kappa shape index (κ1) is 23.4. The van der Waals surface area contributed by atoms with Crippen LogP contribution < -0.4 is 19.4 Å². The van der Waals surface area contributed by atoms with E-state index in [1.807, 2.05) is 0 Å². The highest BCUT2D eigenvalue weighted by molar-refractivity contribution is 7.48. The van der Waals surface area contributed by atoms with E-state index in [1.54, 1.807) is 0 Å². The third-order valence-corrected chi connectivity index (χ3v) is 12.3. The molecule has 0 radical (unpaired) electrons. The summed E-state index contributed by atoms with van der Waals surface area (Å²) in [7, 11) is -8.05. The van der Waals surface area contributed by atoms with Crippen LogP contribution in [0.25, 0.3) is 11.1 Å². The molecule has 178 valence electrons. The lowest BCUT2D eigenvalue weighted by Crippen LogP contribution is -2.40. The van der Waals surface area contributed by atoms with Crippen LogP contribution >= 0.6 is 7.82 Å². The van der Waals surface area contributed by atoms with E-state index in [0.29, 0.717) is 11.5 Å². The molecule has 0 aromatic heterocycles. The van der Waals surface area contributed by atoms with Gasteiger partial charge in [0.1, 0.15) is 11.5 Å². The van der Waals surface area contributed by atoms with Gasteiger partial charge in [-0.05, 0) is 84.0 Å². The monoisotopic (exact) mass is 500 g/mol. The van der Waals surface area contributed by atoms with Crippen LogP contribution in [0, 0.1) is 0 Å². The van der Waals surface area contributed by atoms with Crippen molar-refractivity contribution in [2.75, 3.05) is 0 Å². The van der Waals surface area contributed by atoms with E-state index >= 15 is 0 Å². The fourth-order valence-corrected chi connectivity index (χ4v) is 9.83. The molecule has 2 aliphatic carbocycles. The van der Waals surface area contributed by atoms with Gasteiger partial charge in [-0.1, -0.05) is 51.4 Å². The highest BCUT2D eigenvalue weighted by Crippen LogP contribution is 2.56. The van der Waals surface area contributed by atoms with Crippen molar-refractivity contribution in [2.45, 2.75) is 90.6 Å². The number of phosphoric ester groups is 1. The smallest absolute Gasteiger partial charge is 0.395 e. The van der Waals surface area contributed by atoms with Gasteiger partial charge in [0.05, 0.1) is 16.1 Å². The quantitative estimate of drug-likeness (QED) is 0.401. The zero-order chi connectivity index (χ0) is 23.8. The summed E-state index contributed by atoms with van der Waals surface area (Å²) in [5.41, 5.74) is 7.64. The number of benzene rings is 2. The SMILES string of the molecule is C[Si](C)(C)c1cc2c(c3c1OP(=O)(O)Oc1c([Si](C)(C)C)cc4c(c1-3)CCCC4)CCCC2. The van der Waals surface area contributed by atoms with E-state index in [9.17, 15) is 9.46 Å². The molecular formula is C26H37O4PSi2. The predicted octanol–water partition coefficient (Wildman–Crippen LogP) is 6.07. The van der Waals surface area contributed by atoms with Gasteiger partial charge in [-0.2, -0.15) is 0 Å². The first-order chi connectivity index (χ1) is 15.4. The van der Waals surface area contributed by atoms with E-state index in [-0.39, 0.29) is 0 Å². The molecule has 0 amide bonds. The second-order valence-electron chi connectivity index (χ2n) is 12.1. The normalized spacial score (nSPS) is 19.2. The highest BCUT2D eigenvalue weighted by Gasteiger charge is 2.42. The molecule has 2 aromatic carbocycles. The van der Waals surface area contributed by atoms with Crippen LogP contribution in [0.5, 0.6) is 11.5 Å². The Morgan fingerprint density at radius 1 is 0.697 bits per heavy atom. The molecule has 3 aliphatic rings. The molecule has 1 heterocycles. The van der Waals surface area contributed by atoms with E-state index in [0.717, 1.165) is 60.0 Å². The summed E-state index contributed by atoms with van der Waals surface area (Å²) in [5, 5.41) is 2.29. The van der Waals surface area contributed by atoms with Crippen LogP contribution in [0.3, 0.4) is 0 Å². The Morgan fingerprint density at radius 2 is 1.06 bits per heavy atom. The third-order valence-electron chi connectivity index (χ3n) is 7.48. The Morgan fingerprint density at radius 3 is 1.42 bits per heavy atom. The average molecular weight is 501 g/mol. The summed E-state index contributed by atoms with van der Waals surface area (Å²) in [6.07, 6.45) is 8.83. The fourth-order valence-electron chi connectivity index (χ4n) is 5.85. The molecule has 7 heteroatoms. The van der Waals surface area contributed by atoms with E-state index in [1.165, 1.54) is 35.1 Å². The van der Waals surface area contributed by atoms with Crippen LogP contribution in [0.2, 0.25) is 39.3 Å². The molecule has 1 aliphatic heterocycles. The van der Waals surface area contributed by atoms with Gasteiger partial charge in [0.15, 0.2) is 0 Å². The predicted molar refractivity (Wildman–Crippen MR) is 142 cm³/mol. The topological polar surface area (TPSA) is 55.8 Å². The summed E-state index contributed by atoms with van der Waals surface area (Å²) in [6, 6.07) is 4.61. The first-order valence-electron chi connectivity index (χ1n) is 12.5. The molecule has 33 heavy (non-hydrogen) atoms. The fraction of sp³-hybridized carbons (Fsp3) is 0.538. The van der Waals surface area contributed by atoms with E-state index < -0.39 is 24.0 Å². The zero-order valence-corrected chi connectivity index (χ0v) is 23.8. The Labute approximate surface area is 200 Å². The highest BCUT2D eigenvalue weighted by atomic mass is 31.2. The molecule has 0 spiro atoms. The molecule has 0 atom stereocenters. The first-order valence-corrected chi connectivity index (χ1v) is 21.0. The van der Waals surface area contributed by atoms with Crippen molar-refractivity contribution in [1.29, 1.82) is 0 Å². The molecule has 0 fully saturated rings. The molecule has 5 rings (SSSR count). The maximum absolute atomic E-state index is 13.4. The summed E-state index contributed by atoms with van der Waals surface area (Å²) < 4.78 is 25.5. The number of fused-ring (bicyclic) bond motifs is 7. The number of phosphoric acid groups is 1. The van der Waals surface area contributed by atoms with E-state index in [2.05, 4.69) is 51.4 Å². The Bertz CT molecular complexity index is 1100. The number of aryl methyl sites for hydroxylation is 2. The number of rotatable bonds is 2. The minimum atomic E-state index is -4.31. The summed E-state index contributed by atoms with van der Waals surface area (Å²) in [5.74, 6) is 1.28. The van der Waals surface area contributed by atoms with Crippen molar-refractivity contribution in [2.24, 2.45) is 0 Å². The van der Waals surface area contributed by atoms with Gasteiger partial charge in [-0.3, -0.25) is 4.89 Å². The van der Waals surface area contributed by atoms with Crippen molar-refractivity contribution in [3.05, 3.63) is 34.4 Å².